The Labute approximate surface area is 200 Å². The summed E-state index contributed by atoms with van der Waals surface area (Å²) >= 11 is 0. The third-order valence-electron chi connectivity index (χ3n) is 5.58. The zero-order chi connectivity index (χ0) is 24.1. The minimum atomic E-state index is -2.51. The maximum Gasteiger partial charge on any atom is 0.347 e. The first kappa shape index (κ1) is 23.7. The number of hydrogen-bond donors (Lipinski definition) is 1. The van der Waals surface area contributed by atoms with Crippen molar-refractivity contribution in [2.45, 2.75) is 0 Å². The van der Waals surface area contributed by atoms with Crippen LogP contribution >= 0.6 is 15.1 Å². The van der Waals surface area contributed by atoms with E-state index in [1.54, 1.807) is 0 Å². The number of nitrogens with one attached hydrogen (secondary N) is 2. The molecule has 0 saturated carbocycles. The molecule has 0 aliphatic carbocycles. The molecule has 8 heteroatoms. The molecule has 0 saturated heterocycles. The van der Waals surface area contributed by atoms with E-state index in [-0.39, 0.29) is 5.56 Å². The normalized spacial score (nSPS) is 11.6. The van der Waals surface area contributed by atoms with E-state index in [1.165, 1.54) is 14.2 Å². The molecule has 4 rings (SSSR count). The van der Waals surface area contributed by atoms with E-state index >= 15 is 0 Å². The average molecular weight is 492 g/mol. The van der Waals surface area contributed by atoms with Crippen molar-refractivity contribution >= 4 is 48.8 Å². The van der Waals surface area contributed by atoms with E-state index in [2.05, 4.69) is 46.2 Å². The van der Waals surface area contributed by atoms with E-state index in [0.29, 0.717) is 11.1 Å². The smallest absolute Gasteiger partial charge is 0.347 e. The minimum absolute atomic E-state index is 0.190. The summed E-state index contributed by atoms with van der Waals surface area (Å²) in [5.41, 5.74) is 0.190. The van der Waals surface area contributed by atoms with Crippen molar-refractivity contribution in [3.05, 3.63) is 102 Å². The number of carbonyl (C=O) groups excluding carboxylic acids is 2. The lowest BCUT2D eigenvalue weighted by Crippen LogP contribution is -2.37. The highest BCUT2D eigenvalue weighted by Gasteiger charge is 2.52. The molecular weight excluding hydrogens is 466 g/mol. The van der Waals surface area contributed by atoms with Crippen molar-refractivity contribution in [1.82, 2.24) is 0 Å². The second-order valence-corrected chi connectivity index (χ2v) is 12.4. The first-order chi connectivity index (χ1) is 16.5. The van der Waals surface area contributed by atoms with Crippen LogP contribution in [0.15, 0.2) is 91.0 Å². The van der Waals surface area contributed by atoms with Gasteiger partial charge in [0.05, 0.1) is 21.9 Å². The van der Waals surface area contributed by atoms with Crippen LogP contribution in [0.4, 0.5) is 5.82 Å². The van der Waals surface area contributed by atoms with Gasteiger partial charge < -0.3 is 9.47 Å². The number of benzene rings is 3. The lowest BCUT2D eigenvalue weighted by atomic mass is 10.2. The fraction of sp³-hybridized carbons (Fsp3) is 0.115. The molecule has 1 aromatic heterocycles. The molecule has 1 unspecified atom stereocenters. The number of esters is 2. The maximum atomic E-state index is 12.9. The molecule has 2 N–H and O–H groups in total. The summed E-state index contributed by atoms with van der Waals surface area (Å²) in [5.74, 6) is -0.651. The number of methoxy groups -OCH3 is 2. The Morgan fingerprint density at radius 3 is 1.53 bits per heavy atom. The highest BCUT2D eigenvalue weighted by Crippen LogP contribution is 2.55. The molecular formula is C26H26N2O4P2+2. The molecule has 0 radical (unpaired) electrons. The zero-order valence-corrected chi connectivity index (χ0v) is 21.0. The van der Waals surface area contributed by atoms with Gasteiger partial charge in [0.1, 0.15) is 21.2 Å². The van der Waals surface area contributed by atoms with Gasteiger partial charge in [-0.15, -0.1) is 5.09 Å². The van der Waals surface area contributed by atoms with Crippen LogP contribution in [0.3, 0.4) is 0 Å². The van der Waals surface area contributed by atoms with Crippen LogP contribution in [-0.4, -0.2) is 26.2 Å². The molecule has 4 aromatic rings. The first-order valence-corrected chi connectivity index (χ1v) is 14.2. The fourth-order valence-electron chi connectivity index (χ4n) is 4.05. The third-order valence-corrected chi connectivity index (χ3v) is 11.0. The Hall–Kier alpha value is -3.46. The molecule has 1 atom stereocenters. The summed E-state index contributed by atoms with van der Waals surface area (Å²) in [7, 11) is -1.07. The SMILES string of the molecule is COC(=O)c1c(N[P+](c2ccccc2)(c2ccccc2)c2ccccc2)[nH+]p(C)c1C(=O)OC. The number of aromatic amines is 1. The van der Waals surface area contributed by atoms with Gasteiger partial charge in [-0.2, -0.15) is 0 Å². The van der Waals surface area contributed by atoms with E-state index in [1.807, 2.05) is 61.3 Å². The Morgan fingerprint density at radius 2 is 1.15 bits per heavy atom. The van der Waals surface area contributed by atoms with Crippen LogP contribution in [0.25, 0.3) is 0 Å². The van der Waals surface area contributed by atoms with Crippen LogP contribution in [0, 0.1) is 0 Å². The van der Waals surface area contributed by atoms with Crippen molar-refractivity contribution in [3.63, 3.8) is 0 Å². The van der Waals surface area contributed by atoms with Crippen LogP contribution in [0.2, 0.25) is 0 Å². The van der Waals surface area contributed by atoms with E-state index in [4.69, 9.17) is 9.47 Å². The molecule has 34 heavy (non-hydrogen) atoms. The van der Waals surface area contributed by atoms with Gasteiger partial charge in [0, 0.05) is 6.66 Å². The van der Waals surface area contributed by atoms with Gasteiger partial charge >= 0.3 is 17.8 Å². The molecule has 0 fully saturated rings. The molecule has 1 heterocycles. The standard InChI is InChI=1S/C26H25N2O4P2/c1-31-25(29)22-23(26(30)32-2)33(3)27-24(22)28-34(19-13-7-4-8-14-19,20-15-9-5-10-16-20)21-17-11-6-12-18-21/h4-18H,1-3H3,(H,27,28)/q+1/p+1. The molecule has 6 nitrogen and oxygen atoms in total. The number of hydrogen-bond acceptors (Lipinski definition) is 5. The maximum absolute atomic E-state index is 12.9. The molecule has 0 amide bonds. The van der Waals surface area contributed by atoms with Crippen molar-refractivity contribution in [2.75, 3.05) is 19.3 Å². The molecule has 0 aliphatic heterocycles. The van der Waals surface area contributed by atoms with Crippen LogP contribution in [0.5, 0.6) is 0 Å². The topological polar surface area (TPSA) is 78.8 Å². The van der Waals surface area contributed by atoms with E-state index < -0.39 is 27.0 Å². The molecule has 3 aromatic carbocycles. The van der Waals surface area contributed by atoms with Crippen LogP contribution in [0.1, 0.15) is 20.4 Å². The van der Waals surface area contributed by atoms with E-state index in [9.17, 15) is 9.59 Å². The van der Waals surface area contributed by atoms with Crippen LogP contribution in [-0.2, 0) is 16.1 Å². The number of aryl methyl sites for hydroxylation is 1. The third kappa shape index (κ3) is 4.23. The van der Waals surface area contributed by atoms with E-state index in [0.717, 1.165) is 15.9 Å². The Balaban J connectivity index is 2.04. The van der Waals surface area contributed by atoms with Crippen LogP contribution < -0.4 is 25.7 Å². The number of rotatable bonds is 7. The van der Waals surface area contributed by atoms with Gasteiger partial charge in [-0.1, -0.05) is 54.6 Å². The Kier molecular flexibility index (Phi) is 7.12. The summed E-state index contributed by atoms with van der Waals surface area (Å²) in [4.78, 5) is 25.6. The van der Waals surface area contributed by atoms with Gasteiger partial charge in [0.15, 0.2) is 5.56 Å². The molecule has 0 bridgehead atoms. The quantitative estimate of drug-likeness (QED) is 0.313. The summed E-state index contributed by atoms with van der Waals surface area (Å²) in [5, 5.41) is 7.30. The van der Waals surface area contributed by atoms with Crippen molar-refractivity contribution in [1.29, 1.82) is 0 Å². The van der Waals surface area contributed by atoms with Gasteiger partial charge in [0.2, 0.25) is 0 Å². The van der Waals surface area contributed by atoms with Gasteiger partial charge in [-0.3, -0.25) is 0 Å². The highest BCUT2D eigenvalue weighted by atomic mass is 31.2. The fourth-order valence-corrected chi connectivity index (χ4v) is 9.30. The summed E-state index contributed by atoms with van der Waals surface area (Å²) < 4.78 is 13.5. The van der Waals surface area contributed by atoms with Crippen molar-refractivity contribution < 1.29 is 23.8 Å². The zero-order valence-electron chi connectivity index (χ0n) is 19.2. The Morgan fingerprint density at radius 1 is 0.735 bits per heavy atom. The molecule has 0 spiro atoms. The first-order valence-electron chi connectivity index (χ1n) is 10.7. The number of H-pyrrole nitrogens is 1. The Bertz CT molecular complexity index is 1200. The second-order valence-electron chi connectivity index (χ2n) is 7.54. The van der Waals surface area contributed by atoms with Gasteiger partial charge in [-0.25, -0.2) is 14.3 Å². The monoisotopic (exact) mass is 492 g/mol. The number of carbonyl (C=O) groups is 2. The van der Waals surface area contributed by atoms with Gasteiger partial charge in [-0.05, 0) is 36.4 Å². The lowest BCUT2D eigenvalue weighted by molar-refractivity contribution is -0.273. The summed E-state index contributed by atoms with van der Waals surface area (Å²) in [6, 6.07) is 30.5. The molecule has 172 valence electrons. The second kappa shape index (κ2) is 10.2. The molecule has 0 aliphatic rings. The average Bonchev–Trinajstić information content (AvgIpc) is 3.23. The number of aromatic nitrogens is 1. The van der Waals surface area contributed by atoms with Crippen molar-refractivity contribution in [3.8, 4) is 0 Å². The predicted molar refractivity (Wildman–Crippen MR) is 138 cm³/mol. The van der Waals surface area contributed by atoms with Crippen molar-refractivity contribution in [2.24, 2.45) is 6.66 Å². The largest absolute Gasteiger partial charge is 0.465 e. The summed E-state index contributed by atoms with van der Waals surface area (Å²) in [6.45, 7) is 1.88. The highest BCUT2D eigenvalue weighted by molar-refractivity contribution is 7.96. The number of ether oxygens (including phenoxy) is 2. The minimum Gasteiger partial charge on any atom is -0.465 e. The summed E-state index contributed by atoms with van der Waals surface area (Å²) in [6.07, 6.45) is 0. The predicted octanol–water partition coefficient (Wildman–Crippen LogP) is 3.92. The van der Waals surface area contributed by atoms with Gasteiger partial charge in [0.25, 0.3) is 7.41 Å². The lowest BCUT2D eigenvalue weighted by Gasteiger charge is -2.23. The number of anilines is 1.